The average Bonchev–Trinajstić information content (AvgIpc) is 2.80. The van der Waals surface area contributed by atoms with Gasteiger partial charge in [0.1, 0.15) is 11.4 Å². The number of furan rings is 1. The number of carbonyl (C=O) groups is 1. The van der Waals surface area contributed by atoms with Crippen molar-refractivity contribution in [3.8, 4) is 0 Å². The first-order chi connectivity index (χ1) is 9.40. The number of hydrogen-bond acceptors (Lipinski definition) is 5. The van der Waals surface area contributed by atoms with Gasteiger partial charge in [0.2, 0.25) is 0 Å². The van der Waals surface area contributed by atoms with E-state index in [1.165, 1.54) is 7.11 Å². The lowest BCUT2D eigenvalue weighted by Crippen LogP contribution is -2.28. The highest BCUT2D eigenvalue weighted by atomic mass is 16.5. The molecule has 0 aromatic carbocycles. The number of methoxy groups -OCH3 is 1. The van der Waals surface area contributed by atoms with Crippen LogP contribution in [0.3, 0.4) is 0 Å². The summed E-state index contributed by atoms with van der Waals surface area (Å²) >= 11 is 0. The minimum atomic E-state index is -0.473. The summed E-state index contributed by atoms with van der Waals surface area (Å²) < 4.78 is 16.3. The molecule has 1 aromatic rings. The van der Waals surface area contributed by atoms with Crippen molar-refractivity contribution in [1.29, 1.82) is 0 Å². The van der Waals surface area contributed by atoms with E-state index < -0.39 is 5.41 Å². The molecule has 2 heterocycles. The molecule has 3 atom stereocenters. The van der Waals surface area contributed by atoms with Gasteiger partial charge in [0, 0.05) is 5.92 Å². The maximum Gasteiger partial charge on any atom is 0.310 e. The van der Waals surface area contributed by atoms with E-state index in [0.29, 0.717) is 12.4 Å². The zero-order valence-corrected chi connectivity index (χ0v) is 12.2. The summed E-state index contributed by atoms with van der Waals surface area (Å²) in [5.41, 5.74) is -0.784. The van der Waals surface area contributed by atoms with Gasteiger partial charge in [-0.25, -0.2) is 0 Å². The van der Waals surface area contributed by atoms with Crippen LogP contribution in [-0.4, -0.2) is 31.1 Å². The molecule has 1 aliphatic heterocycles. The molecule has 20 heavy (non-hydrogen) atoms. The van der Waals surface area contributed by atoms with Crippen LogP contribution in [0.4, 0.5) is 0 Å². The molecule has 0 saturated heterocycles. The van der Waals surface area contributed by atoms with Gasteiger partial charge in [0.15, 0.2) is 5.90 Å². The molecule has 0 amide bonds. The second-order valence-electron chi connectivity index (χ2n) is 6.26. The van der Waals surface area contributed by atoms with Crippen LogP contribution >= 0.6 is 0 Å². The molecule has 108 valence electrons. The second kappa shape index (κ2) is 4.11. The van der Waals surface area contributed by atoms with Gasteiger partial charge in [-0.2, -0.15) is 0 Å². The lowest BCUT2D eigenvalue weighted by Gasteiger charge is -2.20. The van der Waals surface area contributed by atoms with Crippen molar-refractivity contribution in [3.63, 3.8) is 0 Å². The monoisotopic (exact) mass is 277 g/mol. The zero-order valence-electron chi connectivity index (χ0n) is 12.2. The minimum absolute atomic E-state index is 0.0717. The molecule has 5 nitrogen and oxygen atoms in total. The fourth-order valence-corrected chi connectivity index (χ4v) is 3.08. The highest BCUT2D eigenvalue weighted by Gasteiger charge is 2.72. The van der Waals surface area contributed by atoms with Gasteiger partial charge >= 0.3 is 5.97 Å². The highest BCUT2D eigenvalue weighted by molar-refractivity contribution is 5.97. The normalized spacial score (nSPS) is 34.3. The van der Waals surface area contributed by atoms with E-state index in [-0.39, 0.29) is 23.4 Å². The first kappa shape index (κ1) is 13.2. The number of hydrogen-bond donors (Lipinski definition) is 0. The Hall–Kier alpha value is -1.78. The maximum atomic E-state index is 12.0. The zero-order chi connectivity index (χ0) is 14.5. The lowest BCUT2D eigenvalue weighted by atomic mass is 10.0. The van der Waals surface area contributed by atoms with Gasteiger partial charge in [0.25, 0.3) is 0 Å². The van der Waals surface area contributed by atoms with Crippen LogP contribution in [0, 0.1) is 11.3 Å². The standard InChI is InChI=1S/C15H19NO4/c1-14(2)8-16-13(20-14)15(3)10(9-6-5-7-19-9)11(15)12(17)18-4/h5-7,10-11H,8H2,1-4H3/t10-,11+,15-/m1/s1. The van der Waals surface area contributed by atoms with Crippen LogP contribution in [0.1, 0.15) is 32.4 Å². The molecule has 3 rings (SSSR count). The summed E-state index contributed by atoms with van der Waals surface area (Å²) in [4.78, 5) is 16.5. The Morgan fingerprint density at radius 2 is 2.20 bits per heavy atom. The summed E-state index contributed by atoms with van der Waals surface area (Å²) in [5.74, 6) is 0.798. The van der Waals surface area contributed by atoms with Crippen LogP contribution in [0.15, 0.2) is 27.8 Å². The summed E-state index contributed by atoms with van der Waals surface area (Å²) in [6.07, 6.45) is 1.61. The molecule has 1 saturated carbocycles. The topological polar surface area (TPSA) is 61.0 Å². The first-order valence-electron chi connectivity index (χ1n) is 6.75. The van der Waals surface area contributed by atoms with Crippen LogP contribution in [0.2, 0.25) is 0 Å². The summed E-state index contributed by atoms with van der Waals surface area (Å²) in [6, 6.07) is 3.70. The Morgan fingerprint density at radius 1 is 1.45 bits per heavy atom. The molecule has 0 bridgehead atoms. The third kappa shape index (κ3) is 1.76. The Morgan fingerprint density at radius 3 is 2.70 bits per heavy atom. The van der Waals surface area contributed by atoms with Gasteiger partial charge in [0.05, 0.1) is 31.3 Å². The Labute approximate surface area is 118 Å². The lowest BCUT2D eigenvalue weighted by molar-refractivity contribution is -0.142. The summed E-state index contributed by atoms with van der Waals surface area (Å²) in [6.45, 7) is 6.58. The van der Waals surface area contributed by atoms with Crippen LogP contribution in [0.5, 0.6) is 0 Å². The Bertz CT molecular complexity index is 560. The molecule has 5 heteroatoms. The van der Waals surface area contributed by atoms with Gasteiger partial charge in [-0.05, 0) is 32.9 Å². The molecule has 1 fully saturated rings. The van der Waals surface area contributed by atoms with E-state index in [2.05, 4.69) is 4.99 Å². The van der Waals surface area contributed by atoms with Crippen molar-refractivity contribution in [2.45, 2.75) is 32.3 Å². The summed E-state index contributed by atoms with van der Waals surface area (Å²) in [7, 11) is 1.40. The van der Waals surface area contributed by atoms with E-state index in [1.54, 1.807) is 6.26 Å². The number of esters is 1. The van der Waals surface area contributed by atoms with E-state index in [9.17, 15) is 4.79 Å². The van der Waals surface area contributed by atoms with E-state index >= 15 is 0 Å². The van der Waals surface area contributed by atoms with Crippen molar-refractivity contribution in [1.82, 2.24) is 0 Å². The predicted molar refractivity (Wildman–Crippen MR) is 72.5 cm³/mol. The number of aliphatic imine (C=N–C) groups is 1. The SMILES string of the molecule is COC(=O)[C@@H]1[C@@H](c2ccco2)[C@@]1(C)C1=NCC(C)(C)O1. The van der Waals surface area contributed by atoms with E-state index in [4.69, 9.17) is 13.9 Å². The maximum absolute atomic E-state index is 12.0. The van der Waals surface area contributed by atoms with Gasteiger partial charge in [-0.1, -0.05) is 0 Å². The smallest absolute Gasteiger partial charge is 0.310 e. The van der Waals surface area contributed by atoms with Crippen LogP contribution < -0.4 is 0 Å². The van der Waals surface area contributed by atoms with Crippen molar-refractivity contribution in [2.75, 3.05) is 13.7 Å². The fraction of sp³-hybridized carbons (Fsp3) is 0.600. The third-order valence-electron chi connectivity index (χ3n) is 4.26. The van der Waals surface area contributed by atoms with Crippen LogP contribution in [0.25, 0.3) is 0 Å². The minimum Gasteiger partial charge on any atom is -0.473 e. The third-order valence-corrected chi connectivity index (χ3v) is 4.26. The highest BCUT2D eigenvalue weighted by Crippen LogP contribution is 2.66. The van der Waals surface area contributed by atoms with Crippen molar-refractivity contribution < 1.29 is 18.7 Å². The largest absolute Gasteiger partial charge is 0.473 e. The van der Waals surface area contributed by atoms with Crippen LogP contribution in [-0.2, 0) is 14.3 Å². The van der Waals surface area contributed by atoms with Crippen molar-refractivity contribution >= 4 is 11.9 Å². The molecule has 1 aliphatic carbocycles. The molecule has 0 radical (unpaired) electrons. The molecule has 0 spiro atoms. The Kier molecular flexibility index (Phi) is 2.71. The van der Waals surface area contributed by atoms with Gasteiger partial charge < -0.3 is 13.9 Å². The molecule has 2 aliphatic rings. The van der Waals surface area contributed by atoms with Gasteiger partial charge in [-0.15, -0.1) is 0 Å². The molecule has 1 aromatic heterocycles. The predicted octanol–water partition coefficient (Wildman–Crippen LogP) is 2.38. The number of carbonyl (C=O) groups excluding carboxylic acids is 1. The molecular formula is C15H19NO4. The second-order valence-corrected chi connectivity index (χ2v) is 6.26. The quantitative estimate of drug-likeness (QED) is 0.796. The first-order valence-corrected chi connectivity index (χ1v) is 6.75. The summed E-state index contributed by atoms with van der Waals surface area (Å²) in [5, 5.41) is 0. The Balaban J connectivity index is 1.93. The molecule has 0 unspecified atom stereocenters. The number of ether oxygens (including phenoxy) is 2. The average molecular weight is 277 g/mol. The molecule has 0 N–H and O–H groups in total. The number of rotatable bonds is 3. The van der Waals surface area contributed by atoms with E-state index in [1.807, 2.05) is 32.9 Å². The van der Waals surface area contributed by atoms with Crippen molar-refractivity contribution in [3.05, 3.63) is 24.2 Å². The number of nitrogens with zero attached hydrogens (tertiary/aromatic N) is 1. The van der Waals surface area contributed by atoms with Gasteiger partial charge in [-0.3, -0.25) is 9.79 Å². The van der Waals surface area contributed by atoms with E-state index in [0.717, 1.165) is 5.76 Å². The fourth-order valence-electron chi connectivity index (χ4n) is 3.08. The molecular weight excluding hydrogens is 258 g/mol. The van der Waals surface area contributed by atoms with Crippen molar-refractivity contribution in [2.24, 2.45) is 16.3 Å².